The Balaban J connectivity index is 2.80. The molecule has 0 atom stereocenters. The topological polar surface area (TPSA) is 95.9 Å². The molecule has 1 aromatic rings. The summed E-state index contributed by atoms with van der Waals surface area (Å²) >= 11 is 0. The van der Waals surface area contributed by atoms with E-state index >= 15 is 0 Å². The Kier molecular flexibility index (Phi) is 4.51. The summed E-state index contributed by atoms with van der Waals surface area (Å²) in [4.78, 5) is 10.3. The molecule has 0 saturated heterocycles. The molecule has 0 fully saturated rings. The average Bonchev–Trinajstić information content (AvgIpc) is 2.26. The molecule has 0 spiro atoms. The Morgan fingerprint density at radius 1 is 1.44 bits per heavy atom. The highest BCUT2D eigenvalue weighted by Crippen LogP contribution is 2.18. The Bertz CT molecular complexity index is 527. The van der Waals surface area contributed by atoms with E-state index in [0.717, 1.165) is 4.31 Å². The fraction of sp³-hybridized carbons (Fsp3) is 0.300. The molecule has 0 unspecified atom stereocenters. The number of anilines is 1. The van der Waals surface area contributed by atoms with Gasteiger partial charge in [-0.05, 0) is 12.1 Å². The molecule has 0 heterocycles. The molecular weight excluding hydrogens is 260 g/mol. The van der Waals surface area contributed by atoms with Crippen molar-refractivity contribution in [2.24, 2.45) is 0 Å². The van der Waals surface area contributed by atoms with Crippen molar-refractivity contribution in [3.8, 4) is 5.75 Å². The summed E-state index contributed by atoms with van der Waals surface area (Å²) in [7, 11) is -0.796. The van der Waals surface area contributed by atoms with Gasteiger partial charge < -0.3 is 9.84 Å². The monoisotopic (exact) mass is 274 g/mol. The third kappa shape index (κ3) is 4.22. The second kappa shape index (κ2) is 5.69. The number of aliphatic carboxylic acids is 1. The van der Waals surface area contributed by atoms with Crippen LogP contribution in [0.25, 0.3) is 0 Å². The molecule has 1 rings (SSSR count). The van der Waals surface area contributed by atoms with Gasteiger partial charge in [0, 0.05) is 20.2 Å². The lowest BCUT2D eigenvalue weighted by atomic mass is 10.3. The van der Waals surface area contributed by atoms with Gasteiger partial charge in [0.15, 0.2) is 6.61 Å². The number of carbonyl (C=O) groups is 1. The van der Waals surface area contributed by atoms with Gasteiger partial charge in [0.25, 0.3) is 0 Å². The van der Waals surface area contributed by atoms with Gasteiger partial charge in [-0.2, -0.15) is 12.7 Å². The number of nitrogens with one attached hydrogen (secondary N) is 1. The average molecular weight is 274 g/mol. The minimum atomic E-state index is -3.59. The van der Waals surface area contributed by atoms with E-state index in [4.69, 9.17) is 9.84 Å². The Morgan fingerprint density at radius 2 is 2.11 bits per heavy atom. The predicted octanol–water partition coefficient (Wildman–Crippen LogP) is 0.368. The molecule has 0 bridgehead atoms. The van der Waals surface area contributed by atoms with E-state index in [1.165, 1.54) is 32.3 Å². The summed E-state index contributed by atoms with van der Waals surface area (Å²) in [5.41, 5.74) is 0.298. The van der Waals surface area contributed by atoms with Crippen LogP contribution in [0.1, 0.15) is 0 Å². The van der Waals surface area contributed by atoms with Gasteiger partial charge in [-0.15, -0.1) is 0 Å². The van der Waals surface area contributed by atoms with Crippen LogP contribution in [0.3, 0.4) is 0 Å². The van der Waals surface area contributed by atoms with Gasteiger partial charge in [-0.1, -0.05) is 6.07 Å². The van der Waals surface area contributed by atoms with Crippen molar-refractivity contribution < 1.29 is 23.1 Å². The third-order valence-corrected chi connectivity index (χ3v) is 3.38. The number of ether oxygens (including phenoxy) is 1. The van der Waals surface area contributed by atoms with Crippen LogP contribution in [0.4, 0.5) is 5.69 Å². The van der Waals surface area contributed by atoms with E-state index in [1.54, 1.807) is 6.07 Å². The first-order valence-electron chi connectivity index (χ1n) is 4.96. The molecule has 0 radical (unpaired) electrons. The molecule has 8 heteroatoms. The largest absolute Gasteiger partial charge is 0.482 e. The summed E-state index contributed by atoms with van der Waals surface area (Å²) in [6.07, 6.45) is 0. The van der Waals surface area contributed by atoms with E-state index in [0.29, 0.717) is 5.69 Å². The first kappa shape index (κ1) is 14.3. The minimum absolute atomic E-state index is 0.274. The van der Waals surface area contributed by atoms with Crippen molar-refractivity contribution in [3.63, 3.8) is 0 Å². The van der Waals surface area contributed by atoms with Gasteiger partial charge in [0.05, 0.1) is 5.69 Å². The van der Waals surface area contributed by atoms with E-state index in [1.807, 2.05) is 0 Å². The summed E-state index contributed by atoms with van der Waals surface area (Å²) in [6, 6.07) is 6.04. The lowest BCUT2D eigenvalue weighted by Crippen LogP contribution is -2.28. The maximum absolute atomic E-state index is 11.6. The quantitative estimate of drug-likeness (QED) is 0.781. The molecule has 0 aliphatic rings. The number of carboxylic acids is 1. The molecule has 1 aromatic carbocycles. The van der Waals surface area contributed by atoms with Crippen molar-refractivity contribution in [1.29, 1.82) is 0 Å². The molecule has 0 aromatic heterocycles. The zero-order valence-electron chi connectivity index (χ0n) is 9.95. The fourth-order valence-corrected chi connectivity index (χ4v) is 1.64. The standard InChI is InChI=1S/C10H14N2O5S/c1-12(2)18(15,16)11-8-4-3-5-9(6-8)17-7-10(13)14/h3-6,11H,7H2,1-2H3,(H,13,14). The fourth-order valence-electron chi connectivity index (χ4n) is 1.03. The first-order valence-corrected chi connectivity index (χ1v) is 6.40. The van der Waals surface area contributed by atoms with E-state index < -0.39 is 22.8 Å². The van der Waals surface area contributed by atoms with Crippen molar-refractivity contribution in [1.82, 2.24) is 4.31 Å². The zero-order valence-corrected chi connectivity index (χ0v) is 10.8. The highest BCUT2D eigenvalue weighted by atomic mass is 32.2. The summed E-state index contributed by atoms with van der Waals surface area (Å²) in [6.45, 7) is -0.482. The normalized spacial score (nSPS) is 11.3. The van der Waals surface area contributed by atoms with Crippen LogP contribution >= 0.6 is 0 Å². The summed E-state index contributed by atoms with van der Waals surface area (Å²) in [5.74, 6) is -0.828. The van der Waals surface area contributed by atoms with Crippen LogP contribution in [0.5, 0.6) is 5.75 Å². The van der Waals surface area contributed by atoms with Crippen LogP contribution in [0, 0.1) is 0 Å². The molecule has 7 nitrogen and oxygen atoms in total. The number of hydrogen-bond acceptors (Lipinski definition) is 4. The van der Waals surface area contributed by atoms with Crippen LogP contribution in [0.2, 0.25) is 0 Å². The lowest BCUT2D eigenvalue weighted by molar-refractivity contribution is -0.139. The van der Waals surface area contributed by atoms with Crippen LogP contribution in [0.15, 0.2) is 24.3 Å². The second-order valence-electron chi connectivity index (χ2n) is 3.60. The number of carboxylic acid groups (broad SMARTS) is 1. The lowest BCUT2D eigenvalue weighted by Gasteiger charge is -2.13. The van der Waals surface area contributed by atoms with Gasteiger partial charge in [0.2, 0.25) is 0 Å². The second-order valence-corrected chi connectivity index (χ2v) is 5.48. The maximum Gasteiger partial charge on any atom is 0.341 e. The van der Waals surface area contributed by atoms with Gasteiger partial charge in [-0.25, -0.2) is 4.79 Å². The molecule has 100 valence electrons. The number of nitrogens with zero attached hydrogens (tertiary/aromatic N) is 1. The van der Waals surface area contributed by atoms with Gasteiger partial charge in [0.1, 0.15) is 5.75 Å². The van der Waals surface area contributed by atoms with Gasteiger partial charge in [-0.3, -0.25) is 4.72 Å². The predicted molar refractivity (Wildman–Crippen MR) is 65.8 cm³/mol. The molecule has 0 aliphatic heterocycles. The highest BCUT2D eigenvalue weighted by molar-refractivity contribution is 7.90. The number of rotatable bonds is 6. The SMILES string of the molecule is CN(C)S(=O)(=O)Nc1cccc(OCC(=O)O)c1. The Hall–Kier alpha value is -1.80. The van der Waals surface area contributed by atoms with Crippen molar-refractivity contribution in [2.75, 3.05) is 25.4 Å². The molecule has 0 amide bonds. The summed E-state index contributed by atoms with van der Waals surface area (Å²) < 4.78 is 31.4. The number of benzene rings is 1. The third-order valence-electron chi connectivity index (χ3n) is 1.92. The Labute approximate surface area is 105 Å². The Morgan fingerprint density at radius 3 is 2.67 bits per heavy atom. The molecular formula is C10H14N2O5S. The van der Waals surface area contributed by atoms with E-state index in [2.05, 4.69) is 4.72 Å². The van der Waals surface area contributed by atoms with Crippen molar-refractivity contribution in [3.05, 3.63) is 24.3 Å². The van der Waals surface area contributed by atoms with Gasteiger partial charge >= 0.3 is 16.2 Å². The van der Waals surface area contributed by atoms with Crippen molar-refractivity contribution in [2.45, 2.75) is 0 Å². The zero-order chi connectivity index (χ0) is 13.8. The molecule has 0 aliphatic carbocycles. The van der Waals surface area contributed by atoms with Crippen molar-refractivity contribution >= 4 is 21.9 Å². The minimum Gasteiger partial charge on any atom is -0.482 e. The van der Waals surface area contributed by atoms with Crippen LogP contribution < -0.4 is 9.46 Å². The molecule has 0 saturated carbocycles. The van der Waals surface area contributed by atoms with E-state index in [-0.39, 0.29) is 5.75 Å². The number of hydrogen-bond donors (Lipinski definition) is 2. The molecule has 18 heavy (non-hydrogen) atoms. The maximum atomic E-state index is 11.6. The summed E-state index contributed by atoms with van der Waals surface area (Å²) in [5, 5.41) is 8.46. The van der Waals surface area contributed by atoms with Crippen LogP contribution in [-0.4, -0.2) is 44.5 Å². The van der Waals surface area contributed by atoms with E-state index in [9.17, 15) is 13.2 Å². The first-order chi connectivity index (χ1) is 8.31. The van der Waals surface area contributed by atoms with Crippen LogP contribution in [-0.2, 0) is 15.0 Å². The highest BCUT2D eigenvalue weighted by Gasteiger charge is 2.13. The smallest absolute Gasteiger partial charge is 0.341 e. The molecule has 2 N–H and O–H groups in total.